The van der Waals surface area contributed by atoms with Crippen molar-refractivity contribution in [2.24, 2.45) is 5.92 Å². The summed E-state index contributed by atoms with van der Waals surface area (Å²) in [5.41, 5.74) is -0.258. The van der Waals surface area contributed by atoms with Crippen LogP contribution in [0.2, 0.25) is 10.0 Å². The molecule has 1 amide bonds. The number of halogens is 2. The molecule has 0 radical (unpaired) electrons. The molecule has 0 spiro atoms. The minimum Gasteiger partial charge on any atom is -0.479 e. The second kappa shape index (κ2) is 7.21. The first-order chi connectivity index (χ1) is 10.1. The summed E-state index contributed by atoms with van der Waals surface area (Å²) in [6.07, 6.45) is -0.787. The van der Waals surface area contributed by atoms with Gasteiger partial charge in [-0.2, -0.15) is 5.26 Å². The van der Waals surface area contributed by atoms with Crippen molar-refractivity contribution < 1.29 is 9.53 Å². The molecule has 0 saturated heterocycles. The van der Waals surface area contributed by atoms with E-state index < -0.39 is 11.6 Å². The standard InChI is InChI=1S/C16H20Cl2N2O2/c1-9(2)16(5,8-19)20-15(21)11(4)22-13-7-6-12(17)10(3)14(13)18/h6-7,9,11H,1-5H3,(H,20,21). The minimum absolute atomic E-state index is 0.0324. The number of carbonyl (C=O) groups excluding carboxylic acids is 1. The van der Waals surface area contributed by atoms with Gasteiger partial charge in [-0.3, -0.25) is 4.79 Å². The second-order valence-electron chi connectivity index (χ2n) is 5.70. The van der Waals surface area contributed by atoms with Gasteiger partial charge < -0.3 is 10.1 Å². The smallest absolute Gasteiger partial charge is 0.262 e. The lowest BCUT2D eigenvalue weighted by Gasteiger charge is -2.29. The van der Waals surface area contributed by atoms with Crippen LogP contribution in [0, 0.1) is 24.2 Å². The fourth-order valence-electron chi connectivity index (χ4n) is 1.63. The van der Waals surface area contributed by atoms with E-state index in [1.54, 1.807) is 32.9 Å². The number of hydrogen-bond acceptors (Lipinski definition) is 3. The Morgan fingerprint density at radius 2 is 1.95 bits per heavy atom. The maximum Gasteiger partial charge on any atom is 0.262 e. The molecule has 4 nitrogen and oxygen atoms in total. The summed E-state index contributed by atoms with van der Waals surface area (Å²) < 4.78 is 5.60. The van der Waals surface area contributed by atoms with E-state index in [1.807, 2.05) is 13.8 Å². The van der Waals surface area contributed by atoms with Gasteiger partial charge in [0.1, 0.15) is 11.3 Å². The molecule has 6 heteroatoms. The highest BCUT2D eigenvalue weighted by Gasteiger charge is 2.32. The summed E-state index contributed by atoms with van der Waals surface area (Å²) in [6, 6.07) is 5.41. The van der Waals surface area contributed by atoms with Crippen LogP contribution in [0.25, 0.3) is 0 Å². The molecule has 2 atom stereocenters. The van der Waals surface area contributed by atoms with Crippen LogP contribution in [0.3, 0.4) is 0 Å². The van der Waals surface area contributed by atoms with E-state index in [0.717, 1.165) is 0 Å². The van der Waals surface area contributed by atoms with Crippen molar-refractivity contribution in [3.63, 3.8) is 0 Å². The normalized spacial score (nSPS) is 14.9. The molecule has 120 valence electrons. The first-order valence-corrected chi connectivity index (χ1v) is 7.72. The zero-order valence-electron chi connectivity index (χ0n) is 13.3. The lowest BCUT2D eigenvalue weighted by Crippen LogP contribution is -2.52. The fourth-order valence-corrected chi connectivity index (χ4v) is 2.05. The van der Waals surface area contributed by atoms with Crippen molar-refractivity contribution >= 4 is 29.1 Å². The average molecular weight is 343 g/mol. The molecule has 0 aliphatic heterocycles. The van der Waals surface area contributed by atoms with E-state index in [2.05, 4.69) is 11.4 Å². The quantitative estimate of drug-likeness (QED) is 0.875. The molecule has 0 bridgehead atoms. The maximum atomic E-state index is 12.2. The van der Waals surface area contributed by atoms with Gasteiger partial charge in [0.05, 0.1) is 11.1 Å². The first kappa shape index (κ1) is 18.6. The maximum absolute atomic E-state index is 12.2. The van der Waals surface area contributed by atoms with Crippen LogP contribution in [0.4, 0.5) is 0 Å². The van der Waals surface area contributed by atoms with Crippen LogP contribution in [-0.2, 0) is 4.79 Å². The van der Waals surface area contributed by atoms with E-state index in [4.69, 9.17) is 27.9 Å². The van der Waals surface area contributed by atoms with Crippen molar-refractivity contribution in [1.29, 1.82) is 5.26 Å². The van der Waals surface area contributed by atoms with Gasteiger partial charge in [0.2, 0.25) is 0 Å². The molecule has 2 unspecified atom stereocenters. The molecule has 22 heavy (non-hydrogen) atoms. The number of ether oxygens (including phenoxy) is 1. The Kier molecular flexibility index (Phi) is 6.10. The van der Waals surface area contributed by atoms with Gasteiger partial charge in [-0.25, -0.2) is 0 Å². The Morgan fingerprint density at radius 1 is 1.36 bits per heavy atom. The predicted octanol–water partition coefficient (Wildman–Crippen LogP) is 4.12. The predicted molar refractivity (Wildman–Crippen MR) is 88.3 cm³/mol. The average Bonchev–Trinajstić information content (AvgIpc) is 2.47. The Hall–Kier alpha value is -1.44. The van der Waals surface area contributed by atoms with Crippen LogP contribution < -0.4 is 10.1 Å². The summed E-state index contributed by atoms with van der Waals surface area (Å²) in [4.78, 5) is 12.2. The molecule has 0 aliphatic carbocycles. The molecule has 0 fully saturated rings. The number of carbonyl (C=O) groups is 1. The van der Waals surface area contributed by atoms with E-state index in [9.17, 15) is 10.1 Å². The lowest BCUT2D eigenvalue weighted by atomic mass is 9.90. The largest absolute Gasteiger partial charge is 0.479 e. The molecule has 0 saturated carbocycles. The monoisotopic (exact) mass is 342 g/mol. The molecule has 1 rings (SSSR count). The highest BCUT2D eigenvalue weighted by atomic mass is 35.5. The zero-order valence-corrected chi connectivity index (χ0v) is 14.8. The molecule has 1 aromatic carbocycles. The number of rotatable bonds is 5. The van der Waals surface area contributed by atoms with Gasteiger partial charge in [0, 0.05) is 5.02 Å². The van der Waals surface area contributed by atoms with Crippen molar-refractivity contribution in [3.05, 3.63) is 27.7 Å². The molecule has 0 aromatic heterocycles. The second-order valence-corrected chi connectivity index (χ2v) is 6.49. The third kappa shape index (κ3) is 4.06. The highest BCUT2D eigenvalue weighted by molar-refractivity contribution is 6.36. The van der Waals surface area contributed by atoms with E-state index >= 15 is 0 Å². The van der Waals surface area contributed by atoms with E-state index in [-0.39, 0.29) is 11.8 Å². The summed E-state index contributed by atoms with van der Waals surface area (Å²) in [6.45, 7) is 8.80. The van der Waals surface area contributed by atoms with E-state index in [1.165, 1.54) is 0 Å². The Morgan fingerprint density at radius 3 is 2.45 bits per heavy atom. The molecule has 0 heterocycles. The van der Waals surface area contributed by atoms with Crippen LogP contribution in [0.15, 0.2) is 12.1 Å². The Labute approximate surface area is 141 Å². The molecular formula is C16H20Cl2N2O2. The lowest BCUT2D eigenvalue weighted by molar-refractivity contribution is -0.128. The summed E-state index contributed by atoms with van der Waals surface area (Å²) in [5.74, 6) is -0.0224. The van der Waals surface area contributed by atoms with Gasteiger partial charge in [-0.15, -0.1) is 0 Å². The third-order valence-corrected chi connectivity index (χ3v) is 4.61. The van der Waals surface area contributed by atoms with Crippen molar-refractivity contribution in [2.75, 3.05) is 0 Å². The number of nitriles is 1. The van der Waals surface area contributed by atoms with Crippen LogP contribution in [0.5, 0.6) is 5.75 Å². The molecular weight excluding hydrogens is 323 g/mol. The van der Waals surface area contributed by atoms with Crippen LogP contribution in [0.1, 0.15) is 33.3 Å². The van der Waals surface area contributed by atoms with Crippen molar-refractivity contribution in [1.82, 2.24) is 5.32 Å². The first-order valence-electron chi connectivity index (χ1n) is 6.97. The van der Waals surface area contributed by atoms with Crippen LogP contribution >= 0.6 is 23.2 Å². The number of hydrogen-bond donors (Lipinski definition) is 1. The minimum atomic E-state index is -0.950. The number of nitrogens with one attached hydrogen (secondary N) is 1. The topological polar surface area (TPSA) is 62.1 Å². The Bertz CT molecular complexity index is 611. The zero-order chi connectivity index (χ0) is 17.1. The molecule has 0 aliphatic rings. The van der Waals surface area contributed by atoms with Gasteiger partial charge in [0.15, 0.2) is 6.10 Å². The van der Waals surface area contributed by atoms with Crippen molar-refractivity contribution in [2.45, 2.75) is 46.3 Å². The Balaban J connectivity index is 2.86. The number of benzene rings is 1. The third-order valence-electron chi connectivity index (χ3n) is 3.73. The summed E-state index contributed by atoms with van der Waals surface area (Å²) in [7, 11) is 0. The summed E-state index contributed by atoms with van der Waals surface area (Å²) >= 11 is 12.1. The SMILES string of the molecule is Cc1c(Cl)ccc(OC(C)C(=O)NC(C)(C#N)C(C)C)c1Cl. The van der Waals surface area contributed by atoms with Gasteiger partial charge in [-0.1, -0.05) is 37.0 Å². The van der Waals surface area contributed by atoms with E-state index in [0.29, 0.717) is 21.4 Å². The fraction of sp³-hybridized carbons (Fsp3) is 0.500. The summed E-state index contributed by atoms with van der Waals surface area (Å²) in [5, 5.41) is 12.9. The van der Waals surface area contributed by atoms with Gasteiger partial charge in [-0.05, 0) is 44.4 Å². The van der Waals surface area contributed by atoms with Gasteiger partial charge in [0.25, 0.3) is 5.91 Å². The van der Waals surface area contributed by atoms with Crippen LogP contribution in [-0.4, -0.2) is 17.6 Å². The number of amides is 1. The van der Waals surface area contributed by atoms with Gasteiger partial charge >= 0.3 is 0 Å². The molecule has 1 aromatic rings. The van der Waals surface area contributed by atoms with Crippen molar-refractivity contribution in [3.8, 4) is 11.8 Å². The number of nitrogens with zero attached hydrogens (tertiary/aromatic N) is 1. The highest BCUT2D eigenvalue weighted by Crippen LogP contribution is 2.33. The molecule has 1 N–H and O–H groups in total.